The third-order valence-electron chi connectivity index (χ3n) is 4.29. The summed E-state index contributed by atoms with van der Waals surface area (Å²) < 4.78 is 14.2. The average molecular weight is 396 g/mol. The lowest BCUT2D eigenvalue weighted by Gasteiger charge is -2.30. The van der Waals surface area contributed by atoms with Crippen LogP contribution < -0.4 is 11.3 Å². The first-order valence-electron chi connectivity index (χ1n) is 7.20. The van der Waals surface area contributed by atoms with Gasteiger partial charge < -0.3 is 0 Å². The Balaban J connectivity index is 2.03. The summed E-state index contributed by atoms with van der Waals surface area (Å²) in [7, 11) is 0. The maximum atomic E-state index is 13.3. The normalized spacial score (nSPS) is 16.5. The van der Waals surface area contributed by atoms with Crippen LogP contribution in [0, 0.1) is 9.39 Å². The maximum absolute atomic E-state index is 13.3. The van der Waals surface area contributed by atoms with Crippen LogP contribution in [0.3, 0.4) is 0 Å². The highest BCUT2D eigenvalue weighted by molar-refractivity contribution is 14.1. The molecule has 1 aliphatic carbocycles. The number of nitrogens with one attached hydrogen (secondary N) is 1. The zero-order valence-corrected chi connectivity index (χ0v) is 13.8. The molecule has 0 heterocycles. The predicted molar refractivity (Wildman–Crippen MR) is 91.3 cm³/mol. The second kappa shape index (κ2) is 6.42. The molecule has 3 rings (SSSR count). The molecule has 0 radical (unpaired) electrons. The van der Waals surface area contributed by atoms with Crippen molar-refractivity contribution in [2.75, 3.05) is 0 Å². The van der Waals surface area contributed by atoms with E-state index in [2.05, 4.69) is 46.2 Å². The van der Waals surface area contributed by atoms with Crippen LogP contribution >= 0.6 is 22.6 Å². The van der Waals surface area contributed by atoms with E-state index < -0.39 is 0 Å². The summed E-state index contributed by atoms with van der Waals surface area (Å²) in [6, 6.07) is 13.2. The summed E-state index contributed by atoms with van der Waals surface area (Å²) in [6.45, 7) is 0. The van der Waals surface area contributed by atoms with E-state index in [4.69, 9.17) is 5.84 Å². The van der Waals surface area contributed by atoms with Gasteiger partial charge in [-0.15, -0.1) is 0 Å². The van der Waals surface area contributed by atoms with Gasteiger partial charge in [-0.05, 0) is 70.2 Å². The zero-order valence-electron chi connectivity index (χ0n) is 11.7. The number of hydrogen-bond donors (Lipinski definition) is 2. The predicted octanol–water partition coefficient (Wildman–Crippen LogP) is 4.25. The fourth-order valence-corrected chi connectivity index (χ4v) is 3.74. The number of benzene rings is 2. The van der Waals surface area contributed by atoms with Crippen molar-refractivity contribution in [3.63, 3.8) is 0 Å². The smallest absolute Gasteiger partial charge is 0.124 e. The molecular weight excluding hydrogens is 378 g/mol. The SMILES string of the molecule is NNC(c1ccc(F)cc1I)c1ccccc1C1CCC1. The fraction of sp³-hybridized carbons (Fsp3) is 0.294. The van der Waals surface area contributed by atoms with Crippen molar-refractivity contribution in [2.24, 2.45) is 5.84 Å². The Bertz CT molecular complexity index is 640. The molecule has 0 amide bonds. The van der Waals surface area contributed by atoms with Crippen molar-refractivity contribution >= 4 is 22.6 Å². The van der Waals surface area contributed by atoms with Gasteiger partial charge in [0, 0.05) is 3.57 Å². The Hall–Kier alpha value is -0.980. The minimum atomic E-state index is -0.216. The van der Waals surface area contributed by atoms with Crippen molar-refractivity contribution in [3.8, 4) is 0 Å². The Morgan fingerprint density at radius 2 is 1.90 bits per heavy atom. The molecule has 0 aromatic heterocycles. The number of hydrazine groups is 1. The number of rotatable bonds is 4. The summed E-state index contributed by atoms with van der Waals surface area (Å²) in [4.78, 5) is 0. The van der Waals surface area contributed by atoms with E-state index in [1.807, 2.05) is 12.1 Å². The van der Waals surface area contributed by atoms with E-state index in [1.165, 1.54) is 36.5 Å². The number of hydrogen-bond acceptors (Lipinski definition) is 2. The van der Waals surface area contributed by atoms with Crippen LogP contribution in [0.15, 0.2) is 42.5 Å². The van der Waals surface area contributed by atoms with Crippen molar-refractivity contribution in [1.82, 2.24) is 5.43 Å². The summed E-state index contributed by atoms with van der Waals surface area (Å²) in [5.74, 6) is 6.24. The van der Waals surface area contributed by atoms with Crippen LogP contribution in [0.2, 0.25) is 0 Å². The lowest BCUT2D eigenvalue weighted by molar-refractivity contribution is 0.414. The van der Waals surface area contributed by atoms with Crippen LogP contribution in [0.5, 0.6) is 0 Å². The summed E-state index contributed by atoms with van der Waals surface area (Å²) >= 11 is 2.17. The molecule has 4 heteroatoms. The molecule has 0 saturated heterocycles. The van der Waals surface area contributed by atoms with Gasteiger partial charge in [0.15, 0.2) is 0 Å². The van der Waals surface area contributed by atoms with Crippen LogP contribution in [0.4, 0.5) is 4.39 Å². The van der Waals surface area contributed by atoms with Crippen LogP contribution in [0.1, 0.15) is 47.9 Å². The molecule has 21 heavy (non-hydrogen) atoms. The molecule has 110 valence electrons. The summed E-state index contributed by atoms with van der Waals surface area (Å²) in [5, 5.41) is 0. The highest BCUT2D eigenvalue weighted by atomic mass is 127. The standard InChI is InChI=1S/C17H18FIN2/c18-12-8-9-15(16(19)10-12)17(21-20)14-7-2-1-6-13(14)11-4-3-5-11/h1-2,6-11,17,21H,3-5,20H2. The second-order valence-corrected chi connectivity index (χ2v) is 6.68. The molecule has 2 nitrogen and oxygen atoms in total. The molecule has 1 atom stereocenters. The Morgan fingerprint density at radius 3 is 2.52 bits per heavy atom. The highest BCUT2D eigenvalue weighted by Crippen LogP contribution is 2.40. The zero-order chi connectivity index (χ0) is 14.8. The highest BCUT2D eigenvalue weighted by Gasteiger charge is 2.26. The molecule has 0 spiro atoms. The Morgan fingerprint density at radius 1 is 1.14 bits per heavy atom. The Labute approximate surface area is 138 Å². The minimum Gasteiger partial charge on any atom is -0.271 e. The van der Waals surface area contributed by atoms with E-state index in [0.717, 1.165) is 9.13 Å². The van der Waals surface area contributed by atoms with E-state index in [9.17, 15) is 4.39 Å². The second-order valence-electron chi connectivity index (χ2n) is 5.52. The monoisotopic (exact) mass is 396 g/mol. The van der Waals surface area contributed by atoms with Crippen molar-refractivity contribution in [3.05, 3.63) is 68.5 Å². The molecular formula is C17H18FIN2. The van der Waals surface area contributed by atoms with Gasteiger partial charge in [0.05, 0.1) is 6.04 Å². The minimum absolute atomic E-state index is 0.102. The molecule has 2 aromatic carbocycles. The third-order valence-corrected chi connectivity index (χ3v) is 5.23. The van der Waals surface area contributed by atoms with Crippen molar-refractivity contribution in [2.45, 2.75) is 31.2 Å². The third kappa shape index (κ3) is 2.98. The molecule has 1 unspecified atom stereocenters. The van der Waals surface area contributed by atoms with Crippen LogP contribution in [-0.4, -0.2) is 0 Å². The number of nitrogens with two attached hydrogens (primary N) is 1. The van der Waals surface area contributed by atoms with Crippen molar-refractivity contribution in [1.29, 1.82) is 0 Å². The Kier molecular flexibility index (Phi) is 4.57. The van der Waals surface area contributed by atoms with Gasteiger partial charge in [0.2, 0.25) is 0 Å². The van der Waals surface area contributed by atoms with Gasteiger partial charge in [0.25, 0.3) is 0 Å². The first kappa shape index (κ1) is 14.9. The van der Waals surface area contributed by atoms with Crippen LogP contribution in [0.25, 0.3) is 0 Å². The fourth-order valence-electron chi connectivity index (χ4n) is 2.95. The lowest BCUT2D eigenvalue weighted by atomic mass is 9.76. The molecule has 1 saturated carbocycles. The molecule has 3 N–H and O–H groups in total. The number of halogens is 2. The van der Waals surface area contributed by atoms with Gasteiger partial charge >= 0.3 is 0 Å². The van der Waals surface area contributed by atoms with Gasteiger partial charge in [-0.3, -0.25) is 5.84 Å². The first-order valence-corrected chi connectivity index (χ1v) is 8.28. The molecule has 1 fully saturated rings. The van der Waals surface area contributed by atoms with E-state index >= 15 is 0 Å². The summed E-state index contributed by atoms with van der Waals surface area (Å²) in [5.41, 5.74) is 6.50. The molecule has 2 aromatic rings. The van der Waals surface area contributed by atoms with Gasteiger partial charge in [-0.1, -0.05) is 36.8 Å². The van der Waals surface area contributed by atoms with Gasteiger partial charge in [0.1, 0.15) is 5.82 Å². The van der Waals surface area contributed by atoms with Gasteiger partial charge in [-0.25, -0.2) is 9.82 Å². The quantitative estimate of drug-likeness (QED) is 0.461. The average Bonchev–Trinajstić information content (AvgIpc) is 2.41. The van der Waals surface area contributed by atoms with Crippen molar-refractivity contribution < 1.29 is 4.39 Å². The van der Waals surface area contributed by atoms with E-state index in [-0.39, 0.29) is 11.9 Å². The van der Waals surface area contributed by atoms with Gasteiger partial charge in [-0.2, -0.15) is 0 Å². The molecule has 0 aliphatic heterocycles. The first-order chi connectivity index (χ1) is 10.2. The summed E-state index contributed by atoms with van der Waals surface area (Å²) in [6.07, 6.45) is 3.79. The lowest BCUT2D eigenvalue weighted by Crippen LogP contribution is -2.31. The molecule has 1 aliphatic rings. The van der Waals surface area contributed by atoms with E-state index in [0.29, 0.717) is 5.92 Å². The van der Waals surface area contributed by atoms with Crippen LogP contribution in [-0.2, 0) is 0 Å². The largest absolute Gasteiger partial charge is 0.271 e. The maximum Gasteiger partial charge on any atom is 0.124 e. The topological polar surface area (TPSA) is 38.0 Å². The van der Waals surface area contributed by atoms with E-state index in [1.54, 1.807) is 6.07 Å². The molecule has 0 bridgehead atoms.